The highest BCUT2D eigenvalue weighted by Gasteiger charge is 2.41. The van der Waals surface area contributed by atoms with E-state index in [4.69, 9.17) is 11.6 Å². The number of carbonyl (C=O) groups excluding carboxylic acids is 1. The number of halogens is 1. The van der Waals surface area contributed by atoms with Crippen LogP contribution in [0.25, 0.3) is 5.65 Å². The molecule has 29 heavy (non-hydrogen) atoms. The van der Waals surface area contributed by atoms with Gasteiger partial charge in [-0.1, -0.05) is 31.0 Å². The summed E-state index contributed by atoms with van der Waals surface area (Å²) in [5.41, 5.74) is 2.28. The second-order valence-corrected chi connectivity index (χ2v) is 8.59. The van der Waals surface area contributed by atoms with Crippen LogP contribution in [0.15, 0.2) is 47.5 Å². The van der Waals surface area contributed by atoms with E-state index in [1.54, 1.807) is 28.9 Å². The predicted octanol–water partition coefficient (Wildman–Crippen LogP) is 3.75. The SMILES string of the molecule is CCC[C@H]1[C@H]2C[C@H](CN(C(=O)c3cn4cc(Cl)ccc4n3)C2)c2cccc(=O)n21. The van der Waals surface area contributed by atoms with E-state index in [2.05, 4.69) is 11.9 Å². The quantitative estimate of drug-likeness (QED) is 0.660. The van der Waals surface area contributed by atoms with Crippen molar-refractivity contribution in [2.45, 2.75) is 38.1 Å². The average Bonchev–Trinajstić information content (AvgIpc) is 3.13. The van der Waals surface area contributed by atoms with Crippen molar-refractivity contribution in [2.75, 3.05) is 13.1 Å². The van der Waals surface area contributed by atoms with Crippen molar-refractivity contribution < 1.29 is 4.79 Å². The Labute approximate surface area is 173 Å². The molecule has 1 amide bonds. The summed E-state index contributed by atoms with van der Waals surface area (Å²) in [6.45, 7) is 3.43. The number of nitrogens with zero attached hydrogens (tertiary/aromatic N) is 4. The number of hydrogen-bond acceptors (Lipinski definition) is 3. The minimum atomic E-state index is -0.0542. The molecular formula is C22H23ClN4O2. The maximum absolute atomic E-state index is 13.3. The van der Waals surface area contributed by atoms with E-state index in [0.29, 0.717) is 29.5 Å². The number of imidazole rings is 1. The largest absolute Gasteiger partial charge is 0.336 e. The summed E-state index contributed by atoms with van der Waals surface area (Å²) < 4.78 is 3.78. The molecule has 1 saturated heterocycles. The van der Waals surface area contributed by atoms with Crippen LogP contribution in [0.3, 0.4) is 0 Å². The molecule has 3 aromatic heterocycles. The molecule has 150 valence electrons. The molecule has 2 bridgehead atoms. The zero-order valence-electron chi connectivity index (χ0n) is 16.3. The van der Waals surface area contributed by atoms with Crippen molar-refractivity contribution in [2.24, 2.45) is 5.92 Å². The van der Waals surface area contributed by atoms with Crippen LogP contribution < -0.4 is 5.56 Å². The average molecular weight is 411 g/mol. The molecule has 0 unspecified atom stereocenters. The third-order valence-corrected chi connectivity index (χ3v) is 6.53. The summed E-state index contributed by atoms with van der Waals surface area (Å²) in [6, 6.07) is 9.26. The molecule has 0 aliphatic carbocycles. The van der Waals surface area contributed by atoms with Crippen LogP contribution in [0, 0.1) is 5.92 Å². The van der Waals surface area contributed by atoms with E-state index in [9.17, 15) is 9.59 Å². The number of likely N-dealkylation sites (tertiary alicyclic amines) is 1. The van der Waals surface area contributed by atoms with E-state index in [1.807, 2.05) is 27.7 Å². The topological polar surface area (TPSA) is 59.6 Å². The lowest BCUT2D eigenvalue weighted by atomic mass is 9.77. The zero-order valence-corrected chi connectivity index (χ0v) is 17.0. The van der Waals surface area contributed by atoms with Gasteiger partial charge in [-0.2, -0.15) is 0 Å². The lowest BCUT2D eigenvalue weighted by molar-refractivity contribution is 0.0514. The molecular weight excluding hydrogens is 388 g/mol. The first-order valence-corrected chi connectivity index (χ1v) is 10.6. The van der Waals surface area contributed by atoms with Gasteiger partial charge in [0.1, 0.15) is 11.3 Å². The number of fused-ring (bicyclic) bond motifs is 5. The number of piperidine rings is 1. The monoisotopic (exact) mass is 410 g/mol. The number of pyridine rings is 2. The lowest BCUT2D eigenvalue weighted by Crippen LogP contribution is -2.51. The van der Waals surface area contributed by atoms with Crippen molar-refractivity contribution >= 4 is 23.2 Å². The van der Waals surface area contributed by atoms with Gasteiger partial charge in [0.25, 0.3) is 11.5 Å². The zero-order chi connectivity index (χ0) is 20.1. The van der Waals surface area contributed by atoms with Gasteiger partial charge in [-0.05, 0) is 37.0 Å². The van der Waals surface area contributed by atoms with E-state index in [-0.39, 0.29) is 29.3 Å². The fraction of sp³-hybridized carbons (Fsp3) is 0.409. The van der Waals surface area contributed by atoms with Gasteiger partial charge in [-0.3, -0.25) is 9.59 Å². The van der Waals surface area contributed by atoms with E-state index < -0.39 is 0 Å². The van der Waals surface area contributed by atoms with Crippen LogP contribution in [-0.4, -0.2) is 37.8 Å². The first-order valence-electron chi connectivity index (χ1n) is 10.2. The highest BCUT2D eigenvalue weighted by Crippen LogP contribution is 2.43. The minimum absolute atomic E-state index is 0.0542. The molecule has 0 radical (unpaired) electrons. The number of hydrogen-bond donors (Lipinski definition) is 0. The summed E-state index contributed by atoms with van der Waals surface area (Å²) in [5, 5.41) is 0.603. The molecule has 5 heterocycles. The summed E-state index contributed by atoms with van der Waals surface area (Å²) in [6.07, 6.45) is 6.48. The maximum Gasteiger partial charge on any atom is 0.274 e. The highest BCUT2D eigenvalue weighted by atomic mass is 35.5. The molecule has 0 spiro atoms. The van der Waals surface area contributed by atoms with Gasteiger partial charge < -0.3 is 13.9 Å². The van der Waals surface area contributed by atoms with Gasteiger partial charge in [0.2, 0.25) is 0 Å². The second kappa shape index (κ2) is 7.02. The van der Waals surface area contributed by atoms with E-state index >= 15 is 0 Å². The molecule has 2 aliphatic heterocycles. The summed E-state index contributed by atoms with van der Waals surface area (Å²) in [7, 11) is 0. The van der Waals surface area contributed by atoms with Gasteiger partial charge >= 0.3 is 0 Å². The fourth-order valence-electron chi connectivity index (χ4n) is 5.10. The molecule has 0 aromatic carbocycles. The molecule has 7 heteroatoms. The molecule has 5 rings (SSSR count). The molecule has 6 nitrogen and oxygen atoms in total. The normalized spacial score (nSPS) is 23.2. The predicted molar refractivity (Wildman–Crippen MR) is 112 cm³/mol. The number of rotatable bonds is 3. The van der Waals surface area contributed by atoms with Gasteiger partial charge in [0.05, 0.1) is 5.02 Å². The Balaban J connectivity index is 1.49. The van der Waals surface area contributed by atoms with Gasteiger partial charge in [-0.15, -0.1) is 0 Å². The first-order chi connectivity index (χ1) is 14.0. The third-order valence-electron chi connectivity index (χ3n) is 6.30. The van der Waals surface area contributed by atoms with Crippen LogP contribution in [0.2, 0.25) is 5.02 Å². The van der Waals surface area contributed by atoms with Crippen LogP contribution in [0.4, 0.5) is 0 Å². The smallest absolute Gasteiger partial charge is 0.274 e. The standard InChI is InChI=1S/C22H23ClN4O2/c1-2-4-18-14-9-15(19-5-3-6-21(28)27(18)19)11-26(10-14)22(29)17-13-25-12-16(23)7-8-20(25)24-17/h3,5-8,12-15,18H,2,4,9-11H2,1H3/t14-,15+,18-/m0/s1. The van der Waals surface area contributed by atoms with Crippen LogP contribution >= 0.6 is 11.6 Å². The molecule has 2 aliphatic rings. The Kier molecular flexibility index (Phi) is 4.46. The van der Waals surface area contributed by atoms with Crippen molar-refractivity contribution in [3.8, 4) is 0 Å². The van der Waals surface area contributed by atoms with Gasteiger partial charge in [-0.25, -0.2) is 4.98 Å². The van der Waals surface area contributed by atoms with Gasteiger partial charge in [0, 0.05) is 49.2 Å². The van der Waals surface area contributed by atoms with E-state index in [0.717, 1.165) is 25.0 Å². The molecule has 0 N–H and O–H groups in total. The Morgan fingerprint density at radius 2 is 2.07 bits per heavy atom. The Bertz CT molecular complexity index is 1150. The first kappa shape index (κ1) is 18.4. The number of aromatic nitrogens is 3. The molecule has 3 atom stereocenters. The van der Waals surface area contributed by atoms with Crippen LogP contribution in [0.1, 0.15) is 54.3 Å². The fourth-order valence-corrected chi connectivity index (χ4v) is 5.27. The van der Waals surface area contributed by atoms with Crippen molar-refractivity contribution in [3.63, 3.8) is 0 Å². The molecule has 3 aromatic rings. The Morgan fingerprint density at radius 3 is 2.90 bits per heavy atom. The Hall–Kier alpha value is -2.60. The third kappa shape index (κ3) is 3.06. The van der Waals surface area contributed by atoms with Crippen molar-refractivity contribution in [3.05, 3.63) is 69.5 Å². The summed E-state index contributed by atoms with van der Waals surface area (Å²) >= 11 is 6.06. The Morgan fingerprint density at radius 1 is 1.21 bits per heavy atom. The van der Waals surface area contributed by atoms with E-state index in [1.165, 1.54) is 0 Å². The van der Waals surface area contributed by atoms with Crippen LogP contribution in [-0.2, 0) is 0 Å². The minimum Gasteiger partial charge on any atom is -0.336 e. The summed E-state index contributed by atoms with van der Waals surface area (Å²) in [5.74, 6) is 0.421. The summed E-state index contributed by atoms with van der Waals surface area (Å²) in [4.78, 5) is 32.3. The second-order valence-electron chi connectivity index (χ2n) is 8.16. The number of amides is 1. The van der Waals surface area contributed by atoms with Gasteiger partial charge in [0.15, 0.2) is 0 Å². The highest BCUT2D eigenvalue weighted by molar-refractivity contribution is 6.30. The van der Waals surface area contributed by atoms with Crippen LogP contribution in [0.5, 0.6) is 0 Å². The maximum atomic E-state index is 13.3. The molecule has 0 saturated carbocycles. The van der Waals surface area contributed by atoms with Crippen molar-refractivity contribution in [1.82, 2.24) is 18.9 Å². The van der Waals surface area contributed by atoms with Crippen molar-refractivity contribution in [1.29, 1.82) is 0 Å². The lowest BCUT2D eigenvalue weighted by Gasteiger charge is -2.47. The molecule has 1 fully saturated rings. The number of carbonyl (C=O) groups is 1.